The fraction of sp³-hybridized carbons (Fsp3) is 0.300. The second-order valence-corrected chi connectivity index (χ2v) is 6.66. The summed E-state index contributed by atoms with van der Waals surface area (Å²) in [5.74, 6) is -0.103. The van der Waals surface area contributed by atoms with Gasteiger partial charge in [0.15, 0.2) is 0 Å². The molecule has 2 amide bonds. The number of nitrogens with zero attached hydrogens (tertiary/aromatic N) is 1. The number of halogens is 1. The van der Waals surface area contributed by atoms with Crippen molar-refractivity contribution in [2.45, 2.75) is 33.2 Å². The first-order chi connectivity index (χ1) is 11.9. The van der Waals surface area contributed by atoms with Gasteiger partial charge >= 0.3 is 0 Å². The Morgan fingerprint density at radius 1 is 1.08 bits per heavy atom. The third kappa shape index (κ3) is 5.33. The molecule has 0 radical (unpaired) electrons. The molecule has 0 aliphatic rings. The van der Waals surface area contributed by atoms with Crippen LogP contribution < -0.4 is 10.2 Å². The van der Waals surface area contributed by atoms with E-state index in [4.69, 9.17) is 11.6 Å². The van der Waals surface area contributed by atoms with Crippen LogP contribution in [0.25, 0.3) is 0 Å². The minimum Gasteiger partial charge on any atom is -0.350 e. The Morgan fingerprint density at radius 3 is 2.32 bits per heavy atom. The van der Waals surface area contributed by atoms with Gasteiger partial charge in [0.05, 0.1) is 0 Å². The van der Waals surface area contributed by atoms with Crippen molar-refractivity contribution in [3.8, 4) is 0 Å². The standard InChI is InChI=1S/C20H23ClN2O2/c1-14(2)18-6-4-5-7-19(18)23(15(3)24)13-20(25)22-12-16-8-10-17(21)11-9-16/h4-11,14H,12-13H2,1-3H3,(H,22,25). The number of para-hydroxylation sites is 1. The van der Waals surface area contributed by atoms with E-state index in [1.54, 1.807) is 12.1 Å². The number of anilines is 1. The van der Waals surface area contributed by atoms with Crippen LogP contribution in [0.15, 0.2) is 48.5 Å². The second-order valence-electron chi connectivity index (χ2n) is 6.22. The van der Waals surface area contributed by atoms with Gasteiger partial charge in [-0.15, -0.1) is 0 Å². The van der Waals surface area contributed by atoms with E-state index in [9.17, 15) is 9.59 Å². The van der Waals surface area contributed by atoms with Gasteiger partial charge in [0.2, 0.25) is 11.8 Å². The van der Waals surface area contributed by atoms with Crippen molar-refractivity contribution in [3.63, 3.8) is 0 Å². The Labute approximate surface area is 153 Å². The summed E-state index contributed by atoms with van der Waals surface area (Å²) in [6.07, 6.45) is 0. The molecule has 132 valence electrons. The summed E-state index contributed by atoms with van der Waals surface area (Å²) in [4.78, 5) is 25.9. The number of carbonyl (C=O) groups excluding carboxylic acids is 2. The van der Waals surface area contributed by atoms with E-state index in [1.165, 1.54) is 11.8 Å². The molecule has 0 aromatic heterocycles. The third-order valence-corrected chi connectivity index (χ3v) is 4.19. The highest BCUT2D eigenvalue weighted by atomic mass is 35.5. The van der Waals surface area contributed by atoms with E-state index in [1.807, 2.05) is 36.4 Å². The van der Waals surface area contributed by atoms with E-state index < -0.39 is 0 Å². The molecular weight excluding hydrogens is 336 g/mol. The van der Waals surface area contributed by atoms with Crippen LogP contribution in [0.1, 0.15) is 37.8 Å². The van der Waals surface area contributed by atoms with E-state index in [0.29, 0.717) is 11.6 Å². The molecule has 0 aliphatic carbocycles. The maximum absolute atomic E-state index is 12.3. The van der Waals surface area contributed by atoms with E-state index >= 15 is 0 Å². The van der Waals surface area contributed by atoms with Crippen molar-refractivity contribution in [2.75, 3.05) is 11.4 Å². The number of benzene rings is 2. The number of nitrogens with one attached hydrogen (secondary N) is 1. The molecule has 0 saturated carbocycles. The molecule has 0 heterocycles. The Hall–Kier alpha value is -2.33. The van der Waals surface area contributed by atoms with Crippen LogP contribution in [-0.4, -0.2) is 18.4 Å². The maximum Gasteiger partial charge on any atom is 0.240 e. The number of hydrogen-bond donors (Lipinski definition) is 1. The Bertz CT molecular complexity index is 742. The quantitative estimate of drug-likeness (QED) is 0.843. The topological polar surface area (TPSA) is 49.4 Å². The Morgan fingerprint density at radius 2 is 1.72 bits per heavy atom. The zero-order chi connectivity index (χ0) is 18.4. The van der Waals surface area contributed by atoms with Crippen LogP contribution >= 0.6 is 11.6 Å². The van der Waals surface area contributed by atoms with E-state index in [0.717, 1.165) is 16.8 Å². The van der Waals surface area contributed by atoms with Gasteiger partial charge in [0, 0.05) is 24.2 Å². The predicted molar refractivity (Wildman–Crippen MR) is 102 cm³/mol. The normalized spacial score (nSPS) is 10.6. The van der Waals surface area contributed by atoms with Gasteiger partial charge in [-0.05, 0) is 35.2 Å². The van der Waals surface area contributed by atoms with Crippen molar-refractivity contribution in [2.24, 2.45) is 0 Å². The fourth-order valence-electron chi connectivity index (χ4n) is 2.59. The molecule has 0 spiro atoms. The van der Waals surface area contributed by atoms with E-state index in [-0.39, 0.29) is 24.3 Å². The molecule has 0 fully saturated rings. The minimum absolute atomic E-state index is 0.00729. The van der Waals surface area contributed by atoms with Crippen molar-refractivity contribution < 1.29 is 9.59 Å². The number of amides is 2. The van der Waals surface area contributed by atoms with Gasteiger partial charge in [-0.1, -0.05) is 55.8 Å². The molecule has 0 bridgehead atoms. The summed E-state index contributed by atoms with van der Waals surface area (Å²) >= 11 is 5.85. The average molecular weight is 359 g/mol. The summed E-state index contributed by atoms with van der Waals surface area (Å²) in [6.45, 7) is 6.00. The lowest BCUT2D eigenvalue weighted by atomic mass is 10.0. The molecule has 25 heavy (non-hydrogen) atoms. The zero-order valence-electron chi connectivity index (χ0n) is 14.8. The SMILES string of the molecule is CC(=O)N(CC(=O)NCc1ccc(Cl)cc1)c1ccccc1C(C)C. The third-order valence-electron chi connectivity index (χ3n) is 3.93. The molecule has 0 atom stereocenters. The van der Waals surface area contributed by atoms with Crippen molar-refractivity contribution in [1.82, 2.24) is 5.32 Å². The van der Waals surface area contributed by atoms with Crippen LogP contribution in [0.2, 0.25) is 5.02 Å². The second kappa shape index (κ2) is 8.67. The van der Waals surface area contributed by atoms with Gasteiger partial charge in [0.1, 0.15) is 6.54 Å². The van der Waals surface area contributed by atoms with Crippen LogP contribution in [0.3, 0.4) is 0 Å². The molecule has 0 saturated heterocycles. The number of rotatable bonds is 6. The van der Waals surface area contributed by atoms with Gasteiger partial charge in [-0.2, -0.15) is 0 Å². The molecular formula is C20H23ClN2O2. The van der Waals surface area contributed by atoms with Crippen molar-refractivity contribution in [1.29, 1.82) is 0 Å². The Kier molecular flexibility index (Phi) is 6.59. The van der Waals surface area contributed by atoms with Crippen LogP contribution in [-0.2, 0) is 16.1 Å². The smallest absolute Gasteiger partial charge is 0.240 e. The fourth-order valence-corrected chi connectivity index (χ4v) is 2.72. The first-order valence-corrected chi connectivity index (χ1v) is 8.64. The number of hydrogen-bond acceptors (Lipinski definition) is 2. The van der Waals surface area contributed by atoms with Gasteiger partial charge in [0.25, 0.3) is 0 Å². The number of carbonyl (C=O) groups is 2. The average Bonchev–Trinajstić information content (AvgIpc) is 2.59. The van der Waals surface area contributed by atoms with Crippen LogP contribution in [0.5, 0.6) is 0 Å². The molecule has 1 N–H and O–H groups in total. The van der Waals surface area contributed by atoms with Crippen molar-refractivity contribution in [3.05, 3.63) is 64.7 Å². The lowest BCUT2D eigenvalue weighted by molar-refractivity contribution is -0.123. The molecule has 2 aromatic carbocycles. The van der Waals surface area contributed by atoms with Crippen molar-refractivity contribution >= 4 is 29.1 Å². The summed E-state index contributed by atoms with van der Waals surface area (Å²) in [5, 5.41) is 3.50. The predicted octanol–water partition coefficient (Wildman–Crippen LogP) is 4.13. The van der Waals surface area contributed by atoms with E-state index in [2.05, 4.69) is 19.2 Å². The molecule has 0 unspecified atom stereocenters. The summed E-state index contributed by atoms with van der Waals surface area (Å²) in [7, 11) is 0. The van der Waals surface area contributed by atoms with Gasteiger partial charge in [-0.25, -0.2) is 0 Å². The monoisotopic (exact) mass is 358 g/mol. The maximum atomic E-state index is 12.3. The highest BCUT2D eigenvalue weighted by Crippen LogP contribution is 2.27. The molecule has 0 aliphatic heterocycles. The highest BCUT2D eigenvalue weighted by molar-refractivity contribution is 6.30. The molecule has 2 aromatic rings. The van der Waals surface area contributed by atoms with Gasteiger partial charge < -0.3 is 10.2 Å². The van der Waals surface area contributed by atoms with Crippen LogP contribution in [0.4, 0.5) is 5.69 Å². The zero-order valence-corrected chi connectivity index (χ0v) is 15.5. The van der Waals surface area contributed by atoms with Crippen LogP contribution in [0, 0.1) is 0 Å². The van der Waals surface area contributed by atoms with Gasteiger partial charge in [-0.3, -0.25) is 9.59 Å². The lowest BCUT2D eigenvalue weighted by Crippen LogP contribution is -2.40. The summed E-state index contributed by atoms with van der Waals surface area (Å²) < 4.78 is 0. The highest BCUT2D eigenvalue weighted by Gasteiger charge is 2.19. The minimum atomic E-state index is -0.205. The summed E-state index contributed by atoms with van der Waals surface area (Å²) in [6, 6.07) is 15.0. The first kappa shape index (κ1) is 19.0. The Balaban J connectivity index is 2.07. The lowest BCUT2D eigenvalue weighted by Gasteiger charge is -2.25. The summed E-state index contributed by atoms with van der Waals surface area (Å²) in [5.41, 5.74) is 2.78. The molecule has 4 nitrogen and oxygen atoms in total. The first-order valence-electron chi connectivity index (χ1n) is 8.26. The molecule has 2 rings (SSSR count). The molecule has 5 heteroatoms. The largest absolute Gasteiger partial charge is 0.350 e.